The summed E-state index contributed by atoms with van der Waals surface area (Å²) in [6.07, 6.45) is 0.890. The lowest BCUT2D eigenvalue weighted by Crippen LogP contribution is -2.26. The third-order valence-electron chi connectivity index (χ3n) is 3.19. The second kappa shape index (κ2) is 5.85. The average Bonchev–Trinajstić information content (AvgIpc) is 2.81. The van der Waals surface area contributed by atoms with E-state index in [-0.39, 0.29) is 18.7 Å². The van der Waals surface area contributed by atoms with Crippen molar-refractivity contribution in [3.8, 4) is 0 Å². The first-order valence-electron chi connectivity index (χ1n) is 6.27. The fraction of sp³-hybridized carbons (Fsp3) is 0.615. The molecule has 0 spiro atoms. The van der Waals surface area contributed by atoms with Crippen LogP contribution in [-0.4, -0.2) is 36.2 Å². The maximum Gasteiger partial charge on any atom is 0.261 e. The highest BCUT2D eigenvalue weighted by molar-refractivity contribution is 7.14. The van der Waals surface area contributed by atoms with Crippen LogP contribution in [0.25, 0.3) is 0 Å². The molecule has 1 aromatic heterocycles. The zero-order chi connectivity index (χ0) is 14.0. The first-order valence-corrected chi connectivity index (χ1v) is 7.46. The predicted octanol–water partition coefficient (Wildman–Crippen LogP) is 4.01. The summed E-state index contributed by atoms with van der Waals surface area (Å²) in [6, 6.07) is 1.78. The molecule has 0 unspecified atom stereocenters. The van der Waals surface area contributed by atoms with Gasteiger partial charge in [-0.3, -0.25) is 9.69 Å². The molecule has 0 amide bonds. The van der Waals surface area contributed by atoms with E-state index in [1.807, 2.05) is 6.92 Å². The van der Waals surface area contributed by atoms with Gasteiger partial charge in [-0.2, -0.15) is 0 Å². The van der Waals surface area contributed by atoms with Crippen LogP contribution < -0.4 is 0 Å². The number of ketones is 1. The molecule has 2 nitrogen and oxygen atoms in total. The van der Waals surface area contributed by atoms with Crippen molar-refractivity contribution in [1.29, 1.82) is 0 Å². The van der Waals surface area contributed by atoms with E-state index in [2.05, 4.69) is 0 Å². The largest absolute Gasteiger partial charge is 0.297 e. The minimum atomic E-state index is -2.56. The first-order chi connectivity index (χ1) is 8.87. The van der Waals surface area contributed by atoms with E-state index >= 15 is 0 Å². The summed E-state index contributed by atoms with van der Waals surface area (Å²) in [7, 11) is 0. The fourth-order valence-electron chi connectivity index (χ4n) is 2.25. The SMILES string of the molecule is Cc1cc(Cl)c(C(=O)CCCN2CCC(F)(F)C2)s1. The lowest BCUT2D eigenvalue weighted by molar-refractivity contribution is 0.0122. The molecule has 1 aliphatic rings. The van der Waals surface area contributed by atoms with Crippen LogP contribution in [0, 0.1) is 6.92 Å². The number of halogens is 3. The monoisotopic (exact) mass is 307 g/mol. The Morgan fingerprint density at radius 2 is 2.32 bits per heavy atom. The van der Waals surface area contributed by atoms with Gasteiger partial charge in [0.25, 0.3) is 5.92 Å². The Morgan fingerprint density at radius 1 is 1.58 bits per heavy atom. The molecule has 0 bridgehead atoms. The van der Waals surface area contributed by atoms with Crippen LogP contribution >= 0.6 is 22.9 Å². The van der Waals surface area contributed by atoms with Gasteiger partial charge >= 0.3 is 0 Å². The number of carbonyl (C=O) groups is 1. The third-order valence-corrected chi connectivity index (χ3v) is 4.69. The molecule has 0 radical (unpaired) electrons. The Morgan fingerprint density at radius 3 is 2.84 bits per heavy atom. The molecule has 2 rings (SSSR count). The van der Waals surface area contributed by atoms with Gasteiger partial charge in [0, 0.05) is 24.3 Å². The number of hydrogen-bond donors (Lipinski definition) is 0. The highest BCUT2D eigenvalue weighted by Gasteiger charge is 2.37. The second-order valence-corrected chi connectivity index (χ2v) is 6.61. The minimum Gasteiger partial charge on any atom is -0.297 e. The van der Waals surface area contributed by atoms with E-state index in [9.17, 15) is 13.6 Å². The number of aryl methyl sites for hydroxylation is 1. The summed E-state index contributed by atoms with van der Waals surface area (Å²) in [5, 5.41) is 0.500. The number of Topliss-reactive ketones (excluding diaryl/α,β-unsaturated/α-hetero) is 1. The van der Waals surface area contributed by atoms with Crippen molar-refractivity contribution in [1.82, 2.24) is 4.90 Å². The number of carbonyl (C=O) groups excluding carboxylic acids is 1. The quantitative estimate of drug-likeness (QED) is 0.766. The number of thiophene rings is 1. The van der Waals surface area contributed by atoms with Gasteiger partial charge in [0.15, 0.2) is 5.78 Å². The van der Waals surface area contributed by atoms with Gasteiger partial charge in [0.2, 0.25) is 0 Å². The highest BCUT2D eigenvalue weighted by atomic mass is 35.5. The summed E-state index contributed by atoms with van der Waals surface area (Å²) in [6.45, 7) is 2.68. The van der Waals surface area contributed by atoms with Crippen LogP contribution in [0.1, 0.15) is 33.8 Å². The molecular weight excluding hydrogens is 292 g/mol. The fourth-order valence-corrected chi connectivity index (χ4v) is 3.57. The van der Waals surface area contributed by atoms with Gasteiger partial charge in [0.1, 0.15) is 0 Å². The van der Waals surface area contributed by atoms with E-state index < -0.39 is 5.92 Å². The highest BCUT2D eigenvalue weighted by Crippen LogP contribution is 2.29. The summed E-state index contributed by atoms with van der Waals surface area (Å²) in [5.41, 5.74) is 0. The van der Waals surface area contributed by atoms with Crippen molar-refractivity contribution in [2.75, 3.05) is 19.6 Å². The molecule has 0 aromatic carbocycles. The Bertz CT molecular complexity index is 475. The van der Waals surface area contributed by atoms with Crippen molar-refractivity contribution in [3.63, 3.8) is 0 Å². The Balaban J connectivity index is 1.77. The molecule has 0 atom stereocenters. The molecule has 0 saturated carbocycles. The van der Waals surface area contributed by atoms with Gasteiger partial charge in [-0.1, -0.05) is 11.6 Å². The van der Waals surface area contributed by atoms with Crippen LogP contribution in [0.4, 0.5) is 8.78 Å². The Hall–Kier alpha value is -0.520. The van der Waals surface area contributed by atoms with Crippen molar-refractivity contribution in [2.24, 2.45) is 0 Å². The van der Waals surface area contributed by atoms with E-state index in [0.717, 1.165) is 4.88 Å². The maximum absolute atomic E-state index is 13.0. The smallest absolute Gasteiger partial charge is 0.261 e. The number of rotatable bonds is 5. The van der Waals surface area contributed by atoms with Gasteiger partial charge in [-0.15, -0.1) is 11.3 Å². The van der Waals surface area contributed by atoms with E-state index in [0.29, 0.717) is 35.8 Å². The number of hydrogen-bond acceptors (Lipinski definition) is 3. The third kappa shape index (κ3) is 3.97. The predicted molar refractivity (Wildman–Crippen MR) is 73.6 cm³/mol. The zero-order valence-corrected chi connectivity index (χ0v) is 12.3. The molecule has 1 fully saturated rings. The van der Waals surface area contributed by atoms with Crippen LogP contribution in [0.15, 0.2) is 6.07 Å². The van der Waals surface area contributed by atoms with E-state index in [4.69, 9.17) is 11.6 Å². The van der Waals surface area contributed by atoms with Gasteiger partial charge < -0.3 is 0 Å². The average molecular weight is 308 g/mol. The van der Waals surface area contributed by atoms with Crippen LogP contribution in [0.3, 0.4) is 0 Å². The van der Waals surface area contributed by atoms with Crippen molar-refractivity contribution < 1.29 is 13.6 Å². The molecule has 1 aliphatic heterocycles. The van der Waals surface area contributed by atoms with Crippen LogP contribution in [0.2, 0.25) is 5.02 Å². The molecule has 1 saturated heterocycles. The first kappa shape index (κ1) is 14.9. The molecule has 0 N–H and O–H groups in total. The number of nitrogens with zero attached hydrogens (tertiary/aromatic N) is 1. The lowest BCUT2D eigenvalue weighted by atomic mass is 10.2. The maximum atomic E-state index is 13.0. The number of alkyl halides is 2. The standard InChI is InChI=1S/C13H16ClF2NOS/c1-9-7-10(14)12(19-9)11(18)3-2-5-17-6-4-13(15,16)8-17/h7H,2-6,8H2,1H3. The summed E-state index contributed by atoms with van der Waals surface area (Å²) in [4.78, 5) is 15.3. The second-order valence-electron chi connectivity index (χ2n) is 4.94. The molecule has 6 heteroatoms. The molecule has 0 aliphatic carbocycles. The van der Waals surface area contributed by atoms with Crippen LogP contribution in [0.5, 0.6) is 0 Å². The van der Waals surface area contributed by atoms with E-state index in [1.165, 1.54) is 11.3 Å². The lowest BCUT2D eigenvalue weighted by Gasteiger charge is -2.14. The van der Waals surface area contributed by atoms with Gasteiger partial charge in [-0.25, -0.2) is 8.78 Å². The number of likely N-dealkylation sites (tertiary alicyclic amines) is 1. The normalized spacial score (nSPS) is 18.9. The Kier molecular flexibility index (Phi) is 4.58. The van der Waals surface area contributed by atoms with Crippen molar-refractivity contribution in [2.45, 2.75) is 32.1 Å². The molecule has 106 valence electrons. The zero-order valence-electron chi connectivity index (χ0n) is 10.7. The van der Waals surface area contributed by atoms with E-state index in [1.54, 1.807) is 11.0 Å². The molecule has 19 heavy (non-hydrogen) atoms. The summed E-state index contributed by atoms with van der Waals surface area (Å²) in [5.74, 6) is -2.55. The molecular formula is C13H16ClF2NOS. The minimum absolute atomic E-state index is 0.00839. The van der Waals surface area contributed by atoms with Gasteiger partial charge in [-0.05, 0) is 26.0 Å². The molecule has 1 aromatic rings. The topological polar surface area (TPSA) is 20.3 Å². The Labute approximate surface area is 120 Å². The van der Waals surface area contributed by atoms with Gasteiger partial charge in [0.05, 0.1) is 16.4 Å². The van der Waals surface area contributed by atoms with Crippen LogP contribution in [-0.2, 0) is 0 Å². The summed E-state index contributed by atoms with van der Waals surface area (Å²) < 4.78 is 26.0. The van der Waals surface area contributed by atoms with Crippen molar-refractivity contribution >= 4 is 28.7 Å². The van der Waals surface area contributed by atoms with Crippen molar-refractivity contribution in [3.05, 3.63) is 20.8 Å². The summed E-state index contributed by atoms with van der Waals surface area (Å²) >= 11 is 7.35. The molecule has 2 heterocycles.